The molecular formula is C7H7SSi. The lowest BCUT2D eigenvalue weighted by molar-refractivity contribution is 1.44. The average Bonchev–Trinajstić information content (AvgIpc) is 1.90. The minimum absolute atomic E-state index is 0.812. The molecule has 0 saturated heterocycles. The highest BCUT2D eigenvalue weighted by atomic mass is 32.1. The zero-order chi connectivity index (χ0) is 6.69. The van der Waals surface area contributed by atoms with Crippen molar-refractivity contribution in [2.24, 2.45) is 0 Å². The van der Waals surface area contributed by atoms with Crippen molar-refractivity contribution in [3.8, 4) is 0 Å². The van der Waals surface area contributed by atoms with E-state index in [1.165, 1.54) is 5.56 Å². The number of thiol groups is 1. The van der Waals surface area contributed by atoms with E-state index in [1.54, 1.807) is 0 Å². The van der Waals surface area contributed by atoms with Crippen molar-refractivity contribution in [3.05, 3.63) is 29.8 Å². The van der Waals surface area contributed by atoms with Crippen LogP contribution in [0.25, 0.3) is 0 Å². The largest absolute Gasteiger partial charge is 0.175 e. The maximum Gasteiger partial charge on any atom is 0.0711 e. The van der Waals surface area contributed by atoms with Crippen molar-refractivity contribution in [3.63, 3.8) is 0 Å². The molecule has 0 amide bonds. The van der Waals surface area contributed by atoms with Crippen LogP contribution in [-0.2, 0) is 5.75 Å². The molecule has 2 heteroatoms. The average molecular weight is 151 g/mol. The monoisotopic (exact) mass is 151 g/mol. The maximum absolute atomic E-state index is 4.13. The van der Waals surface area contributed by atoms with Gasteiger partial charge in [0.1, 0.15) is 0 Å². The Bertz CT molecular complexity index is 181. The Balaban J connectivity index is 2.88. The first-order valence-electron chi connectivity index (χ1n) is 2.74. The molecule has 0 saturated carbocycles. The molecule has 0 spiro atoms. The van der Waals surface area contributed by atoms with Crippen molar-refractivity contribution < 1.29 is 0 Å². The van der Waals surface area contributed by atoms with Gasteiger partial charge in [-0.2, -0.15) is 12.6 Å². The highest BCUT2D eigenvalue weighted by Crippen LogP contribution is 1.98. The zero-order valence-corrected chi connectivity index (χ0v) is 6.86. The normalized spacial score (nSPS) is 9.56. The van der Waals surface area contributed by atoms with Gasteiger partial charge in [-0.3, -0.25) is 0 Å². The Morgan fingerprint density at radius 1 is 1.22 bits per heavy atom. The molecule has 1 rings (SSSR count). The van der Waals surface area contributed by atoms with Gasteiger partial charge < -0.3 is 0 Å². The summed E-state index contributed by atoms with van der Waals surface area (Å²) in [7, 11) is 3.40. The molecule has 0 bridgehead atoms. The summed E-state index contributed by atoms with van der Waals surface area (Å²) in [4.78, 5) is 0. The molecule has 0 aromatic heterocycles. The highest BCUT2D eigenvalue weighted by molar-refractivity contribution is 7.79. The van der Waals surface area contributed by atoms with Gasteiger partial charge >= 0.3 is 0 Å². The van der Waals surface area contributed by atoms with Gasteiger partial charge in [0.05, 0.1) is 10.2 Å². The minimum Gasteiger partial charge on any atom is -0.175 e. The van der Waals surface area contributed by atoms with Crippen LogP contribution in [0.15, 0.2) is 24.3 Å². The standard InChI is InChI=1S/C7H7SSi/c8-5-6-1-3-7(9)4-2-6/h1-4,8H,5H2. The predicted octanol–water partition coefficient (Wildman–Crippen LogP) is 0.910. The van der Waals surface area contributed by atoms with E-state index in [2.05, 4.69) is 35.0 Å². The van der Waals surface area contributed by atoms with Gasteiger partial charge in [0.2, 0.25) is 0 Å². The molecule has 0 heterocycles. The molecule has 0 fully saturated rings. The summed E-state index contributed by atoms with van der Waals surface area (Å²) < 4.78 is 0. The van der Waals surface area contributed by atoms with Crippen molar-refractivity contribution in [1.82, 2.24) is 0 Å². The quantitative estimate of drug-likeness (QED) is 0.448. The molecular weight excluding hydrogens is 144 g/mol. The highest BCUT2D eigenvalue weighted by Gasteiger charge is 1.85. The Morgan fingerprint density at radius 3 is 2.22 bits per heavy atom. The van der Waals surface area contributed by atoms with Crippen LogP contribution in [0.5, 0.6) is 0 Å². The van der Waals surface area contributed by atoms with Crippen LogP contribution >= 0.6 is 12.6 Å². The SMILES string of the molecule is [Si]c1ccc(CS)cc1. The van der Waals surface area contributed by atoms with E-state index in [4.69, 9.17) is 0 Å². The summed E-state index contributed by atoms with van der Waals surface area (Å²) in [6.45, 7) is 0. The van der Waals surface area contributed by atoms with E-state index < -0.39 is 0 Å². The molecule has 0 unspecified atom stereocenters. The fourth-order valence-electron chi connectivity index (χ4n) is 0.610. The van der Waals surface area contributed by atoms with Crippen LogP contribution in [0.4, 0.5) is 0 Å². The molecule has 1 aromatic rings. The lowest BCUT2D eigenvalue weighted by Crippen LogP contribution is -1.99. The summed E-state index contributed by atoms with van der Waals surface area (Å²) in [6.07, 6.45) is 0. The van der Waals surface area contributed by atoms with Crippen molar-refractivity contribution in [1.29, 1.82) is 0 Å². The molecule has 1 aromatic carbocycles. The lowest BCUT2D eigenvalue weighted by atomic mass is 10.2. The van der Waals surface area contributed by atoms with Crippen LogP contribution < -0.4 is 5.19 Å². The van der Waals surface area contributed by atoms with Gasteiger partial charge in [0.25, 0.3) is 0 Å². The van der Waals surface area contributed by atoms with Crippen molar-refractivity contribution in [2.75, 3.05) is 0 Å². The van der Waals surface area contributed by atoms with Crippen molar-refractivity contribution in [2.45, 2.75) is 5.75 Å². The van der Waals surface area contributed by atoms with Gasteiger partial charge in [0, 0.05) is 5.75 Å². The first kappa shape index (κ1) is 6.90. The second-order valence-electron chi connectivity index (χ2n) is 1.86. The van der Waals surface area contributed by atoms with Gasteiger partial charge in [-0.1, -0.05) is 29.5 Å². The number of hydrogen-bond donors (Lipinski definition) is 1. The van der Waals surface area contributed by atoms with Crippen LogP contribution in [-0.4, -0.2) is 10.2 Å². The molecule has 0 aliphatic heterocycles. The maximum atomic E-state index is 4.13. The topological polar surface area (TPSA) is 0 Å². The van der Waals surface area contributed by atoms with Gasteiger partial charge in [0.15, 0.2) is 0 Å². The molecule has 0 atom stereocenters. The van der Waals surface area contributed by atoms with Crippen LogP contribution in [0.2, 0.25) is 0 Å². The predicted molar refractivity (Wildman–Crippen MR) is 44.5 cm³/mol. The Kier molecular flexibility index (Phi) is 2.36. The van der Waals surface area contributed by atoms with E-state index >= 15 is 0 Å². The number of benzene rings is 1. The molecule has 0 N–H and O–H groups in total. The van der Waals surface area contributed by atoms with E-state index in [-0.39, 0.29) is 0 Å². The van der Waals surface area contributed by atoms with E-state index in [0.717, 1.165) is 10.9 Å². The third kappa shape index (κ3) is 1.88. The van der Waals surface area contributed by atoms with Crippen molar-refractivity contribution >= 4 is 28.1 Å². The third-order valence-corrected chi connectivity index (χ3v) is 1.83. The smallest absolute Gasteiger partial charge is 0.0711 e. The van der Waals surface area contributed by atoms with Gasteiger partial charge in [-0.05, 0) is 5.56 Å². The molecule has 0 nitrogen and oxygen atoms in total. The fraction of sp³-hybridized carbons (Fsp3) is 0.143. The van der Waals surface area contributed by atoms with Crippen LogP contribution in [0.3, 0.4) is 0 Å². The fourth-order valence-corrected chi connectivity index (χ4v) is 0.988. The molecule has 0 aliphatic rings. The molecule has 9 heavy (non-hydrogen) atoms. The molecule has 0 aliphatic carbocycles. The van der Waals surface area contributed by atoms with E-state index in [9.17, 15) is 0 Å². The lowest BCUT2D eigenvalue weighted by Gasteiger charge is -1.93. The minimum atomic E-state index is 0.812. The number of hydrogen-bond acceptors (Lipinski definition) is 1. The summed E-state index contributed by atoms with van der Waals surface area (Å²) in [5.41, 5.74) is 1.25. The second kappa shape index (κ2) is 3.08. The van der Waals surface area contributed by atoms with E-state index in [1.807, 2.05) is 12.1 Å². The van der Waals surface area contributed by atoms with Crippen LogP contribution in [0, 0.1) is 0 Å². The first-order valence-corrected chi connectivity index (χ1v) is 3.87. The van der Waals surface area contributed by atoms with E-state index in [0.29, 0.717) is 0 Å². The summed E-state index contributed by atoms with van der Waals surface area (Å²) in [6, 6.07) is 8.13. The Morgan fingerprint density at radius 2 is 1.78 bits per heavy atom. The Labute approximate surface area is 64.1 Å². The third-order valence-electron chi connectivity index (χ3n) is 1.14. The summed E-state index contributed by atoms with van der Waals surface area (Å²) >= 11 is 4.13. The summed E-state index contributed by atoms with van der Waals surface area (Å²) in [5.74, 6) is 0.812. The van der Waals surface area contributed by atoms with Gasteiger partial charge in [-0.15, -0.1) is 0 Å². The first-order chi connectivity index (χ1) is 4.33. The van der Waals surface area contributed by atoms with Gasteiger partial charge in [-0.25, -0.2) is 0 Å². The molecule has 3 radical (unpaired) electrons. The zero-order valence-electron chi connectivity index (χ0n) is 4.96. The number of rotatable bonds is 1. The summed E-state index contributed by atoms with van der Waals surface area (Å²) in [5, 5.41) is 1.11. The molecule has 45 valence electrons. The second-order valence-corrected chi connectivity index (χ2v) is 2.75. The van der Waals surface area contributed by atoms with Crippen LogP contribution in [0.1, 0.15) is 5.56 Å². The Hall–Kier alpha value is -0.213.